The molecule has 0 saturated carbocycles. The number of aryl methyl sites for hydroxylation is 2. The number of hydrogen-bond acceptors (Lipinski definition) is 2. The largest absolute Gasteiger partial charge is 0.321 e. The van der Waals surface area contributed by atoms with Crippen LogP contribution >= 0.6 is 0 Å². The lowest BCUT2D eigenvalue weighted by Gasteiger charge is -2.12. The van der Waals surface area contributed by atoms with E-state index in [-0.39, 0.29) is 5.56 Å². The number of rotatable bonds is 4. The SMILES string of the molecule is C/C=C(\CC)c1ccccc1NC(=O)c1c(C)nn(C)c1F. The lowest BCUT2D eigenvalue weighted by Crippen LogP contribution is -2.15. The Bertz CT molecular complexity index is 732. The van der Waals surface area contributed by atoms with E-state index in [0.29, 0.717) is 11.4 Å². The highest BCUT2D eigenvalue weighted by Crippen LogP contribution is 2.27. The lowest BCUT2D eigenvalue weighted by molar-refractivity contribution is 0.102. The predicted octanol–water partition coefficient (Wildman–Crippen LogP) is 3.93. The maximum atomic E-state index is 14.0. The van der Waals surface area contributed by atoms with Gasteiger partial charge >= 0.3 is 0 Å². The summed E-state index contributed by atoms with van der Waals surface area (Å²) < 4.78 is 15.1. The molecule has 0 spiro atoms. The van der Waals surface area contributed by atoms with Crippen LogP contribution in [0.4, 0.5) is 10.1 Å². The molecule has 0 bridgehead atoms. The van der Waals surface area contributed by atoms with Crippen LogP contribution in [0, 0.1) is 12.9 Å². The van der Waals surface area contributed by atoms with Crippen molar-refractivity contribution < 1.29 is 9.18 Å². The van der Waals surface area contributed by atoms with Crippen LogP contribution in [0.25, 0.3) is 5.57 Å². The molecule has 0 saturated heterocycles. The lowest BCUT2D eigenvalue weighted by atomic mass is 10.0. The molecule has 1 aromatic carbocycles. The summed E-state index contributed by atoms with van der Waals surface area (Å²) in [4.78, 5) is 12.4. The van der Waals surface area contributed by atoms with Crippen molar-refractivity contribution in [2.24, 2.45) is 7.05 Å². The Labute approximate surface area is 129 Å². The number of carbonyl (C=O) groups is 1. The van der Waals surface area contributed by atoms with Gasteiger partial charge in [0, 0.05) is 18.3 Å². The smallest absolute Gasteiger partial charge is 0.262 e. The number of benzene rings is 1. The predicted molar refractivity (Wildman–Crippen MR) is 86.2 cm³/mol. The molecule has 1 amide bonds. The Balaban J connectivity index is 2.37. The van der Waals surface area contributed by atoms with Crippen molar-refractivity contribution in [3.05, 3.63) is 53.1 Å². The maximum absolute atomic E-state index is 14.0. The van der Waals surface area contributed by atoms with Crippen molar-refractivity contribution >= 4 is 17.2 Å². The molecule has 0 radical (unpaired) electrons. The van der Waals surface area contributed by atoms with Gasteiger partial charge in [-0.25, -0.2) is 4.68 Å². The van der Waals surface area contributed by atoms with Crippen molar-refractivity contribution in [1.29, 1.82) is 0 Å². The molecule has 2 rings (SSSR count). The number of amides is 1. The van der Waals surface area contributed by atoms with Gasteiger partial charge in [0.05, 0.1) is 5.69 Å². The summed E-state index contributed by atoms with van der Waals surface area (Å²) >= 11 is 0. The minimum Gasteiger partial charge on any atom is -0.321 e. The van der Waals surface area contributed by atoms with Crippen molar-refractivity contribution in [3.63, 3.8) is 0 Å². The molecule has 2 aromatic rings. The summed E-state index contributed by atoms with van der Waals surface area (Å²) in [6.07, 6.45) is 2.87. The monoisotopic (exact) mass is 301 g/mol. The summed E-state index contributed by atoms with van der Waals surface area (Å²) in [6, 6.07) is 7.52. The molecule has 1 N–H and O–H groups in total. The van der Waals surface area contributed by atoms with Gasteiger partial charge in [-0.15, -0.1) is 0 Å². The van der Waals surface area contributed by atoms with Crippen LogP contribution in [0.1, 0.15) is 41.9 Å². The highest BCUT2D eigenvalue weighted by Gasteiger charge is 2.21. The van der Waals surface area contributed by atoms with E-state index < -0.39 is 11.9 Å². The minimum atomic E-state index is -0.630. The zero-order chi connectivity index (χ0) is 16.3. The van der Waals surface area contributed by atoms with Crippen LogP contribution in [0.2, 0.25) is 0 Å². The average Bonchev–Trinajstić information content (AvgIpc) is 2.75. The quantitative estimate of drug-likeness (QED) is 0.930. The number of aromatic nitrogens is 2. The number of halogens is 1. The molecule has 0 unspecified atom stereocenters. The van der Waals surface area contributed by atoms with Gasteiger partial charge in [0.1, 0.15) is 5.56 Å². The molecule has 22 heavy (non-hydrogen) atoms. The molecule has 0 atom stereocenters. The second-order valence-electron chi connectivity index (χ2n) is 5.04. The molecule has 0 aliphatic heterocycles. The summed E-state index contributed by atoms with van der Waals surface area (Å²) in [5, 5.41) is 6.73. The van der Waals surface area contributed by atoms with E-state index in [1.54, 1.807) is 6.92 Å². The van der Waals surface area contributed by atoms with Gasteiger partial charge in [0.2, 0.25) is 5.95 Å². The molecule has 0 fully saturated rings. The van der Waals surface area contributed by atoms with Crippen molar-refractivity contribution in [2.75, 3.05) is 5.32 Å². The average molecular weight is 301 g/mol. The fraction of sp³-hybridized carbons (Fsp3) is 0.294. The molecule has 4 nitrogen and oxygen atoms in total. The number of hydrogen-bond donors (Lipinski definition) is 1. The third kappa shape index (κ3) is 2.93. The number of nitrogens with one attached hydrogen (secondary N) is 1. The van der Waals surface area contributed by atoms with Crippen LogP contribution in [-0.2, 0) is 7.05 Å². The summed E-state index contributed by atoms with van der Waals surface area (Å²) in [5.74, 6) is -1.11. The fourth-order valence-corrected chi connectivity index (χ4v) is 2.49. The van der Waals surface area contributed by atoms with E-state index in [0.717, 1.165) is 22.2 Å². The zero-order valence-electron chi connectivity index (χ0n) is 13.3. The molecule has 116 valence electrons. The number of allylic oxidation sites excluding steroid dienone is 2. The number of para-hydroxylation sites is 1. The molecule has 1 heterocycles. The minimum absolute atomic E-state index is 0.0178. The first-order chi connectivity index (χ1) is 10.5. The topological polar surface area (TPSA) is 46.9 Å². The number of nitrogens with zero attached hydrogens (tertiary/aromatic N) is 2. The standard InChI is InChI=1S/C17H20FN3O/c1-5-12(6-2)13-9-7-8-10-14(13)19-17(22)15-11(3)20-21(4)16(15)18/h5,7-10H,6H2,1-4H3,(H,19,22)/b12-5+. The van der Waals surface area contributed by atoms with Crippen LogP contribution in [0.15, 0.2) is 30.3 Å². The molecular formula is C17H20FN3O. The summed E-state index contributed by atoms with van der Waals surface area (Å²) in [7, 11) is 1.47. The Kier molecular flexibility index (Phi) is 4.75. The molecular weight excluding hydrogens is 281 g/mol. The van der Waals surface area contributed by atoms with Gasteiger partial charge in [0.25, 0.3) is 5.91 Å². The summed E-state index contributed by atoms with van der Waals surface area (Å²) in [6.45, 7) is 5.63. The van der Waals surface area contributed by atoms with Gasteiger partial charge in [0.15, 0.2) is 0 Å². The number of carbonyl (C=O) groups excluding carboxylic acids is 1. The van der Waals surface area contributed by atoms with Gasteiger partial charge < -0.3 is 5.32 Å². The molecule has 0 aliphatic carbocycles. The molecule has 1 aromatic heterocycles. The molecule has 0 aliphatic rings. The van der Waals surface area contributed by atoms with E-state index >= 15 is 0 Å². The first-order valence-corrected chi connectivity index (χ1v) is 7.24. The second kappa shape index (κ2) is 6.56. The van der Waals surface area contributed by atoms with Crippen LogP contribution < -0.4 is 5.32 Å². The fourth-order valence-electron chi connectivity index (χ4n) is 2.49. The Morgan fingerprint density at radius 1 is 1.41 bits per heavy atom. The van der Waals surface area contributed by atoms with Gasteiger partial charge in [-0.2, -0.15) is 9.49 Å². The van der Waals surface area contributed by atoms with E-state index in [2.05, 4.69) is 17.3 Å². The Morgan fingerprint density at radius 2 is 2.09 bits per heavy atom. The zero-order valence-corrected chi connectivity index (χ0v) is 13.3. The van der Waals surface area contributed by atoms with Crippen LogP contribution in [0.3, 0.4) is 0 Å². The van der Waals surface area contributed by atoms with E-state index in [1.807, 2.05) is 37.3 Å². The third-order valence-electron chi connectivity index (χ3n) is 3.63. The first-order valence-electron chi connectivity index (χ1n) is 7.24. The first kappa shape index (κ1) is 15.9. The number of anilines is 1. The van der Waals surface area contributed by atoms with Crippen LogP contribution in [-0.4, -0.2) is 15.7 Å². The second-order valence-corrected chi connectivity index (χ2v) is 5.04. The van der Waals surface area contributed by atoms with E-state index in [9.17, 15) is 9.18 Å². The summed E-state index contributed by atoms with van der Waals surface area (Å²) in [5.41, 5.74) is 3.10. The highest BCUT2D eigenvalue weighted by molar-refractivity contribution is 6.06. The van der Waals surface area contributed by atoms with E-state index in [4.69, 9.17) is 0 Å². The maximum Gasteiger partial charge on any atom is 0.262 e. The molecule has 5 heteroatoms. The van der Waals surface area contributed by atoms with E-state index in [1.165, 1.54) is 7.05 Å². The van der Waals surface area contributed by atoms with Crippen LogP contribution in [0.5, 0.6) is 0 Å². The third-order valence-corrected chi connectivity index (χ3v) is 3.63. The van der Waals surface area contributed by atoms with Gasteiger partial charge in [-0.1, -0.05) is 31.2 Å². The van der Waals surface area contributed by atoms with Crippen molar-refractivity contribution in [3.8, 4) is 0 Å². The normalized spacial score (nSPS) is 11.6. The van der Waals surface area contributed by atoms with Gasteiger partial charge in [-0.05, 0) is 31.9 Å². The van der Waals surface area contributed by atoms with Gasteiger partial charge in [-0.3, -0.25) is 4.79 Å². The Hall–Kier alpha value is -2.43. The van der Waals surface area contributed by atoms with Crippen molar-refractivity contribution in [2.45, 2.75) is 27.2 Å². The highest BCUT2D eigenvalue weighted by atomic mass is 19.1. The van der Waals surface area contributed by atoms with Crippen molar-refractivity contribution in [1.82, 2.24) is 9.78 Å². The Morgan fingerprint density at radius 3 is 2.64 bits per heavy atom.